The summed E-state index contributed by atoms with van der Waals surface area (Å²) in [4.78, 5) is 10.6. The van der Waals surface area contributed by atoms with Gasteiger partial charge in [0.25, 0.3) is 0 Å². The molecule has 1 atom stereocenters. The lowest BCUT2D eigenvalue weighted by molar-refractivity contribution is -0.142. The number of carbonyl (C=O) groups excluding carboxylic acids is 1. The molecule has 1 rings (SSSR count). The number of rotatable bonds is 2. The molecule has 4 heteroatoms. The van der Waals surface area contributed by atoms with Gasteiger partial charge in [0, 0.05) is 17.5 Å². The zero-order valence-corrected chi connectivity index (χ0v) is 8.47. The Kier molecular flexibility index (Phi) is 3.58. The summed E-state index contributed by atoms with van der Waals surface area (Å²) < 4.78 is 4.76. The predicted octanol–water partition coefficient (Wildman–Crippen LogP) is 3.14. The molecule has 0 fully saturated rings. The van der Waals surface area contributed by atoms with Crippen molar-refractivity contribution < 1.29 is 9.53 Å². The molecule has 0 aliphatic rings. The fraction of sp³-hybridized carbons (Fsp3) is 0.222. The van der Waals surface area contributed by atoms with Crippen molar-refractivity contribution in [3.05, 3.63) is 34.9 Å². The highest BCUT2D eigenvalue weighted by molar-refractivity contribution is 6.32. The van der Waals surface area contributed by atoms with E-state index in [1.807, 2.05) is 0 Å². The van der Waals surface area contributed by atoms with Crippen LogP contribution in [0, 0.1) is 0 Å². The molecule has 0 aliphatic heterocycles. The van der Waals surface area contributed by atoms with E-state index < -0.39 is 11.5 Å². The molecule has 70 valence electrons. The van der Waals surface area contributed by atoms with Crippen LogP contribution in [0.2, 0.25) is 5.02 Å². The Morgan fingerprint density at radius 1 is 1.46 bits per heavy atom. The first-order chi connectivity index (χ1) is 6.11. The van der Waals surface area contributed by atoms with Gasteiger partial charge >= 0.3 is 5.97 Å². The minimum atomic E-state index is -0.814. The molecule has 0 bridgehead atoms. The predicted molar refractivity (Wildman–Crippen MR) is 51.8 cm³/mol. The fourth-order valence-corrected chi connectivity index (χ4v) is 1.47. The number of halogens is 2. The average Bonchev–Trinajstić information content (AvgIpc) is 2.03. The third-order valence-corrected chi connectivity index (χ3v) is 2.09. The lowest BCUT2D eigenvalue weighted by atomic mass is 10.2. The van der Waals surface area contributed by atoms with Crippen LogP contribution in [0.25, 0.3) is 0 Å². The van der Waals surface area contributed by atoms with Gasteiger partial charge in [-0.15, -0.1) is 0 Å². The summed E-state index contributed by atoms with van der Waals surface area (Å²) in [7, 11) is 0. The van der Waals surface area contributed by atoms with Crippen molar-refractivity contribution in [3.8, 4) is 0 Å². The van der Waals surface area contributed by atoms with Crippen molar-refractivity contribution in [2.75, 3.05) is 0 Å². The lowest BCUT2D eigenvalue weighted by Crippen LogP contribution is -2.02. The Bertz CT molecular complexity index is 312. The van der Waals surface area contributed by atoms with Gasteiger partial charge in [-0.25, -0.2) is 0 Å². The summed E-state index contributed by atoms with van der Waals surface area (Å²) >= 11 is 11.6. The maximum Gasteiger partial charge on any atom is 0.304 e. The van der Waals surface area contributed by atoms with Crippen LogP contribution in [0.1, 0.15) is 18.1 Å². The van der Waals surface area contributed by atoms with Crippen molar-refractivity contribution in [2.24, 2.45) is 0 Å². The third-order valence-electron chi connectivity index (χ3n) is 1.42. The van der Waals surface area contributed by atoms with E-state index in [9.17, 15) is 4.79 Å². The summed E-state index contributed by atoms with van der Waals surface area (Å²) in [5, 5.41) is 0.490. The Balaban J connectivity index is 2.82. The highest BCUT2D eigenvalue weighted by Crippen LogP contribution is 2.28. The number of benzene rings is 1. The Hall–Kier alpha value is -0.730. The Morgan fingerprint density at radius 3 is 2.62 bits per heavy atom. The molecular weight excluding hydrogens is 211 g/mol. The van der Waals surface area contributed by atoms with Crippen LogP contribution in [0.3, 0.4) is 0 Å². The summed E-state index contributed by atoms with van der Waals surface area (Å²) in [5.74, 6) is -0.431. The molecular formula is C9H8Cl2O2. The molecule has 0 aliphatic carbocycles. The summed E-state index contributed by atoms with van der Waals surface area (Å²) in [5.41, 5.74) is -0.216. The van der Waals surface area contributed by atoms with Crippen molar-refractivity contribution in [1.29, 1.82) is 0 Å². The van der Waals surface area contributed by atoms with E-state index in [0.29, 0.717) is 10.6 Å². The van der Waals surface area contributed by atoms with Crippen LogP contribution in [0.5, 0.6) is 0 Å². The quantitative estimate of drug-likeness (QED) is 0.564. The van der Waals surface area contributed by atoms with Crippen molar-refractivity contribution >= 4 is 29.2 Å². The molecule has 0 radical (unpaired) electrons. The van der Waals surface area contributed by atoms with Gasteiger partial charge < -0.3 is 4.74 Å². The number of hydrogen-bond donors (Lipinski definition) is 0. The third kappa shape index (κ3) is 2.90. The standard InChI is InChI=1S/C9H8Cl2O2/c1-6(12)13-9(11)7-4-2-3-5-8(7)10/h2-5,9H,1H3. The van der Waals surface area contributed by atoms with Gasteiger partial charge in [-0.05, 0) is 6.07 Å². The minimum absolute atomic E-state index is 0.431. The first-order valence-corrected chi connectivity index (χ1v) is 4.48. The van der Waals surface area contributed by atoms with Crippen molar-refractivity contribution in [3.63, 3.8) is 0 Å². The zero-order chi connectivity index (χ0) is 9.84. The van der Waals surface area contributed by atoms with Crippen LogP contribution in [0.15, 0.2) is 24.3 Å². The van der Waals surface area contributed by atoms with Crippen LogP contribution in [0.4, 0.5) is 0 Å². The number of carbonyl (C=O) groups is 1. The number of alkyl halides is 1. The molecule has 0 N–H and O–H groups in total. The van der Waals surface area contributed by atoms with Crippen molar-refractivity contribution in [2.45, 2.75) is 12.5 Å². The van der Waals surface area contributed by atoms with Crippen LogP contribution in [-0.2, 0) is 9.53 Å². The fourth-order valence-electron chi connectivity index (χ4n) is 0.868. The Labute approximate surface area is 86.4 Å². The second-order valence-electron chi connectivity index (χ2n) is 2.45. The summed E-state index contributed by atoms with van der Waals surface area (Å²) in [6, 6.07) is 6.96. The molecule has 0 saturated carbocycles. The highest BCUT2D eigenvalue weighted by atomic mass is 35.5. The SMILES string of the molecule is CC(=O)OC(Cl)c1ccccc1Cl. The molecule has 0 aromatic heterocycles. The van der Waals surface area contributed by atoms with Gasteiger partial charge in [0.1, 0.15) is 0 Å². The normalized spacial score (nSPS) is 12.2. The van der Waals surface area contributed by atoms with E-state index in [2.05, 4.69) is 0 Å². The van der Waals surface area contributed by atoms with Crippen LogP contribution >= 0.6 is 23.2 Å². The van der Waals surface area contributed by atoms with Crippen LogP contribution in [-0.4, -0.2) is 5.97 Å². The largest absolute Gasteiger partial charge is 0.442 e. The maximum atomic E-state index is 10.6. The number of esters is 1. The molecule has 0 heterocycles. The summed E-state index contributed by atoms with van der Waals surface area (Å²) in [6.07, 6.45) is 0. The van der Waals surface area contributed by atoms with Crippen LogP contribution < -0.4 is 0 Å². The molecule has 1 aromatic rings. The number of hydrogen-bond acceptors (Lipinski definition) is 2. The van der Waals surface area contributed by atoms with E-state index in [1.165, 1.54) is 6.92 Å². The smallest absolute Gasteiger partial charge is 0.304 e. The van der Waals surface area contributed by atoms with Gasteiger partial charge in [-0.3, -0.25) is 4.79 Å². The van der Waals surface area contributed by atoms with E-state index >= 15 is 0 Å². The van der Waals surface area contributed by atoms with E-state index in [1.54, 1.807) is 24.3 Å². The molecule has 0 amide bonds. The molecule has 1 unspecified atom stereocenters. The molecule has 2 nitrogen and oxygen atoms in total. The second-order valence-corrected chi connectivity index (χ2v) is 3.25. The average molecular weight is 219 g/mol. The maximum absolute atomic E-state index is 10.6. The minimum Gasteiger partial charge on any atom is -0.442 e. The van der Waals surface area contributed by atoms with E-state index in [0.717, 1.165) is 0 Å². The van der Waals surface area contributed by atoms with Gasteiger partial charge in [0.15, 0.2) is 0 Å². The first-order valence-electron chi connectivity index (χ1n) is 3.67. The van der Waals surface area contributed by atoms with Gasteiger partial charge in [0.2, 0.25) is 5.56 Å². The second kappa shape index (κ2) is 4.49. The molecule has 1 aromatic carbocycles. The highest BCUT2D eigenvalue weighted by Gasteiger charge is 2.13. The molecule has 13 heavy (non-hydrogen) atoms. The molecule has 0 saturated heterocycles. The van der Waals surface area contributed by atoms with Gasteiger partial charge in [0.05, 0.1) is 0 Å². The first kappa shape index (κ1) is 10.4. The van der Waals surface area contributed by atoms with E-state index in [-0.39, 0.29) is 0 Å². The van der Waals surface area contributed by atoms with E-state index in [4.69, 9.17) is 27.9 Å². The number of ether oxygens (including phenoxy) is 1. The lowest BCUT2D eigenvalue weighted by Gasteiger charge is -2.10. The van der Waals surface area contributed by atoms with Gasteiger partial charge in [-0.1, -0.05) is 41.4 Å². The van der Waals surface area contributed by atoms with Crippen molar-refractivity contribution in [1.82, 2.24) is 0 Å². The zero-order valence-electron chi connectivity index (χ0n) is 6.96. The molecule has 0 spiro atoms. The topological polar surface area (TPSA) is 26.3 Å². The Morgan fingerprint density at radius 2 is 2.08 bits per heavy atom. The van der Waals surface area contributed by atoms with Gasteiger partial charge in [-0.2, -0.15) is 0 Å². The monoisotopic (exact) mass is 218 g/mol. The summed E-state index contributed by atoms with van der Waals surface area (Å²) in [6.45, 7) is 1.30.